The zero-order chi connectivity index (χ0) is 16.2. The van der Waals surface area contributed by atoms with Gasteiger partial charge in [-0.15, -0.1) is 0 Å². The van der Waals surface area contributed by atoms with Gasteiger partial charge in [0, 0.05) is 25.0 Å². The standard InChI is InChI=1S/C14H17N5O.CH2O2/c20-14(13-10-7-15-4-1-11(10)17-18-13)16-12-8-19-5-2-9(12)3-6-19;2-1-3/h1,4,7,9,12H,2-3,5-6,8H2,(H,16,20)(H,17,18);1H,(H,2,3)/t12-;/m0./s1. The molecule has 3 saturated heterocycles. The second-order valence-corrected chi connectivity index (χ2v) is 5.82. The zero-order valence-electron chi connectivity index (χ0n) is 12.6. The summed E-state index contributed by atoms with van der Waals surface area (Å²) in [5.74, 6) is 0.523. The molecule has 8 heteroatoms. The normalized spacial score (nSPS) is 25.5. The highest BCUT2D eigenvalue weighted by molar-refractivity contribution is 6.04. The summed E-state index contributed by atoms with van der Waals surface area (Å²) in [6.07, 6.45) is 5.75. The number of rotatable bonds is 2. The molecule has 0 radical (unpaired) electrons. The highest BCUT2D eigenvalue weighted by Crippen LogP contribution is 2.27. The minimum Gasteiger partial charge on any atom is -0.483 e. The quantitative estimate of drug-likeness (QED) is 0.695. The van der Waals surface area contributed by atoms with E-state index in [2.05, 4.69) is 25.4 Å². The highest BCUT2D eigenvalue weighted by Gasteiger charge is 2.35. The third kappa shape index (κ3) is 3.16. The van der Waals surface area contributed by atoms with E-state index in [9.17, 15) is 4.79 Å². The molecule has 0 aromatic carbocycles. The molecule has 1 amide bonds. The molecule has 5 heterocycles. The number of nitrogens with zero attached hydrogens (tertiary/aromatic N) is 3. The number of hydrogen-bond donors (Lipinski definition) is 3. The fraction of sp³-hybridized carbons (Fsp3) is 0.467. The van der Waals surface area contributed by atoms with Crippen LogP contribution < -0.4 is 5.32 Å². The van der Waals surface area contributed by atoms with Crippen molar-refractivity contribution in [1.29, 1.82) is 0 Å². The van der Waals surface area contributed by atoms with Crippen LogP contribution in [0.4, 0.5) is 0 Å². The summed E-state index contributed by atoms with van der Waals surface area (Å²) in [6, 6.07) is 2.08. The molecule has 3 aliphatic rings. The topological polar surface area (TPSA) is 111 Å². The van der Waals surface area contributed by atoms with Crippen molar-refractivity contribution >= 4 is 23.3 Å². The first-order valence-corrected chi connectivity index (χ1v) is 7.62. The van der Waals surface area contributed by atoms with E-state index in [0.717, 1.165) is 17.4 Å². The largest absolute Gasteiger partial charge is 0.483 e. The van der Waals surface area contributed by atoms with Crippen molar-refractivity contribution in [3.05, 3.63) is 24.2 Å². The van der Waals surface area contributed by atoms with Gasteiger partial charge in [-0.2, -0.15) is 5.10 Å². The van der Waals surface area contributed by atoms with E-state index < -0.39 is 0 Å². The van der Waals surface area contributed by atoms with Gasteiger partial charge in [0.2, 0.25) is 0 Å². The van der Waals surface area contributed by atoms with Crippen molar-refractivity contribution in [3.8, 4) is 0 Å². The van der Waals surface area contributed by atoms with Gasteiger partial charge in [0.05, 0.1) is 10.9 Å². The van der Waals surface area contributed by atoms with Crippen LogP contribution >= 0.6 is 0 Å². The van der Waals surface area contributed by atoms with Crippen LogP contribution in [-0.2, 0) is 4.79 Å². The van der Waals surface area contributed by atoms with E-state index in [1.807, 2.05) is 6.07 Å². The molecule has 2 bridgehead atoms. The van der Waals surface area contributed by atoms with Crippen molar-refractivity contribution in [3.63, 3.8) is 0 Å². The van der Waals surface area contributed by atoms with Gasteiger partial charge in [-0.05, 0) is 37.9 Å². The average molecular weight is 317 g/mol. The number of carbonyl (C=O) groups excluding carboxylic acids is 1. The monoisotopic (exact) mass is 317 g/mol. The van der Waals surface area contributed by atoms with Crippen LogP contribution in [0.25, 0.3) is 10.9 Å². The summed E-state index contributed by atoms with van der Waals surface area (Å²) in [5.41, 5.74) is 1.30. The number of aromatic nitrogens is 3. The van der Waals surface area contributed by atoms with Crippen molar-refractivity contribution in [1.82, 2.24) is 25.4 Å². The van der Waals surface area contributed by atoms with Gasteiger partial charge < -0.3 is 15.3 Å². The van der Waals surface area contributed by atoms with Gasteiger partial charge in [-0.3, -0.25) is 19.7 Å². The van der Waals surface area contributed by atoms with Crippen LogP contribution in [-0.4, -0.2) is 63.2 Å². The van der Waals surface area contributed by atoms with E-state index in [4.69, 9.17) is 9.90 Å². The number of carboxylic acid groups (broad SMARTS) is 1. The second-order valence-electron chi connectivity index (χ2n) is 5.82. The van der Waals surface area contributed by atoms with E-state index in [1.54, 1.807) is 12.4 Å². The van der Waals surface area contributed by atoms with Crippen LogP contribution in [0, 0.1) is 5.92 Å². The Balaban J connectivity index is 0.000000485. The molecule has 2 aromatic rings. The minimum atomic E-state index is -0.250. The molecule has 1 atom stereocenters. The lowest BCUT2D eigenvalue weighted by Gasteiger charge is -2.44. The maximum atomic E-state index is 12.4. The number of pyridine rings is 1. The van der Waals surface area contributed by atoms with Crippen LogP contribution in [0.5, 0.6) is 0 Å². The summed E-state index contributed by atoms with van der Waals surface area (Å²) in [5, 5.41) is 17.8. The zero-order valence-corrected chi connectivity index (χ0v) is 12.6. The maximum Gasteiger partial charge on any atom is 0.290 e. The molecule has 8 nitrogen and oxygen atoms in total. The Hall–Kier alpha value is -2.48. The third-order valence-corrected chi connectivity index (χ3v) is 4.55. The first-order chi connectivity index (χ1) is 11.2. The molecule has 23 heavy (non-hydrogen) atoms. The van der Waals surface area contributed by atoms with Crippen molar-refractivity contribution in [2.75, 3.05) is 19.6 Å². The number of amides is 1. The number of hydrogen-bond acceptors (Lipinski definition) is 5. The lowest BCUT2D eigenvalue weighted by molar-refractivity contribution is -0.122. The number of fused-ring (bicyclic) bond motifs is 4. The summed E-state index contributed by atoms with van der Waals surface area (Å²) in [6.45, 7) is 3.07. The van der Waals surface area contributed by atoms with E-state index >= 15 is 0 Å². The summed E-state index contributed by atoms with van der Waals surface area (Å²) >= 11 is 0. The first-order valence-electron chi connectivity index (χ1n) is 7.62. The number of nitrogens with one attached hydrogen (secondary N) is 2. The second kappa shape index (κ2) is 6.74. The molecule has 0 aliphatic carbocycles. The van der Waals surface area contributed by atoms with Gasteiger partial charge in [0.1, 0.15) is 0 Å². The Morgan fingerprint density at radius 3 is 2.83 bits per heavy atom. The van der Waals surface area contributed by atoms with Crippen molar-refractivity contribution < 1.29 is 14.7 Å². The number of aromatic amines is 1. The van der Waals surface area contributed by atoms with Crippen LogP contribution in [0.1, 0.15) is 23.3 Å². The van der Waals surface area contributed by atoms with Gasteiger partial charge in [0.15, 0.2) is 5.69 Å². The van der Waals surface area contributed by atoms with Gasteiger partial charge >= 0.3 is 0 Å². The predicted molar refractivity (Wildman–Crippen MR) is 83.0 cm³/mol. The lowest BCUT2D eigenvalue weighted by atomic mass is 9.84. The molecule has 3 N–H and O–H groups in total. The fourth-order valence-electron chi connectivity index (χ4n) is 3.40. The molecule has 3 fully saturated rings. The van der Waals surface area contributed by atoms with Gasteiger partial charge in [-0.25, -0.2) is 0 Å². The van der Waals surface area contributed by atoms with Crippen molar-refractivity contribution in [2.45, 2.75) is 18.9 Å². The van der Waals surface area contributed by atoms with E-state index in [1.165, 1.54) is 25.9 Å². The molecule has 0 spiro atoms. The van der Waals surface area contributed by atoms with Gasteiger partial charge in [0.25, 0.3) is 12.4 Å². The van der Waals surface area contributed by atoms with Crippen molar-refractivity contribution in [2.24, 2.45) is 5.92 Å². The molecular weight excluding hydrogens is 298 g/mol. The Morgan fingerprint density at radius 1 is 1.43 bits per heavy atom. The number of H-pyrrole nitrogens is 1. The Kier molecular flexibility index (Phi) is 4.52. The van der Waals surface area contributed by atoms with E-state index in [0.29, 0.717) is 11.6 Å². The van der Waals surface area contributed by atoms with Crippen LogP contribution in [0.2, 0.25) is 0 Å². The fourth-order valence-corrected chi connectivity index (χ4v) is 3.40. The number of piperidine rings is 3. The molecule has 2 aromatic heterocycles. The lowest BCUT2D eigenvalue weighted by Crippen LogP contribution is -2.57. The third-order valence-electron chi connectivity index (χ3n) is 4.55. The average Bonchev–Trinajstić information content (AvgIpc) is 3.01. The van der Waals surface area contributed by atoms with E-state index in [-0.39, 0.29) is 18.4 Å². The smallest absolute Gasteiger partial charge is 0.290 e. The van der Waals surface area contributed by atoms with Crippen LogP contribution in [0.15, 0.2) is 18.5 Å². The van der Waals surface area contributed by atoms with Gasteiger partial charge in [-0.1, -0.05) is 0 Å². The SMILES string of the molecule is O=C(N[C@H]1CN2CCC1CC2)c1n[nH]c2ccncc12.O=CO. The first kappa shape index (κ1) is 15.4. The molecule has 0 unspecified atom stereocenters. The minimum absolute atomic E-state index is 0.0944. The summed E-state index contributed by atoms with van der Waals surface area (Å²) in [4.78, 5) is 27.3. The highest BCUT2D eigenvalue weighted by atomic mass is 16.3. The Labute approximate surface area is 132 Å². The molecule has 3 aliphatic heterocycles. The van der Waals surface area contributed by atoms with Crippen LogP contribution in [0.3, 0.4) is 0 Å². The molecule has 0 saturated carbocycles. The molecular formula is C15H19N5O3. The Bertz CT molecular complexity index is 693. The predicted octanol–water partition coefficient (Wildman–Crippen LogP) is 0.483. The molecule has 5 rings (SSSR count). The molecule has 122 valence electrons. The summed E-state index contributed by atoms with van der Waals surface area (Å²) in [7, 11) is 0. The summed E-state index contributed by atoms with van der Waals surface area (Å²) < 4.78 is 0. The maximum absolute atomic E-state index is 12.4. The Morgan fingerprint density at radius 2 is 2.17 bits per heavy atom. The number of carbonyl (C=O) groups is 2.